The molecular formula is C14H18O3. The monoisotopic (exact) mass is 234 g/mol. The van der Waals surface area contributed by atoms with Crippen LogP contribution in [0.3, 0.4) is 0 Å². The molecule has 0 aromatic carbocycles. The van der Waals surface area contributed by atoms with E-state index in [4.69, 9.17) is 0 Å². The van der Waals surface area contributed by atoms with Gasteiger partial charge in [0.05, 0.1) is 11.1 Å². The first kappa shape index (κ1) is 13.6. The highest BCUT2D eigenvalue weighted by Gasteiger charge is 2.26. The molecule has 0 aromatic rings. The molecule has 0 aromatic heterocycles. The zero-order valence-electron chi connectivity index (χ0n) is 10.4. The van der Waals surface area contributed by atoms with Gasteiger partial charge in [0.25, 0.3) is 0 Å². The van der Waals surface area contributed by atoms with E-state index in [2.05, 4.69) is 0 Å². The number of rotatable bonds is 6. The summed E-state index contributed by atoms with van der Waals surface area (Å²) in [6, 6.07) is 0. The standard InChI is InChI=1S/C14H18O3/c1-3-6-12(15)10-8-5-9-11(14(10)17)13(16)7-4-2/h8-9H,3-7H2,1-2H3. The Morgan fingerprint density at radius 2 is 1.41 bits per heavy atom. The molecule has 3 heteroatoms. The molecule has 1 aliphatic carbocycles. The van der Waals surface area contributed by atoms with Crippen molar-refractivity contribution in [3.8, 4) is 0 Å². The van der Waals surface area contributed by atoms with E-state index >= 15 is 0 Å². The van der Waals surface area contributed by atoms with Crippen molar-refractivity contribution in [2.45, 2.75) is 46.0 Å². The highest BCUT2D eigenvalue weighted by Crippen LogP contribution is 2.19. The number of hydrogen-bond acceptors (Lipinski definition) is 3. The van der Waals surface area contributed by atoms with Crippen LogP contribution in [0.4, 0.5) is 0 Å². The molecule has 0 heterocycles. The van der Waals surface area contributed by atoms with Crippen molar-refractivity contribution in [3.63, 3.8) is 0 Å². The van der Waals surface area contributed by atoms with Crippen LogP contribution in [0.2, 0.25) is 0 Å². The second kappa shape index (κ2) is 6.28. The van der Waals surface area contributed by atoms with Gasteiger partial charge in [-0.3, -0.25) is 14.4 Å². The highest BCUT2D eigenvalue weighted by atomic mass is 16.2. The summed E-state index contributed by atoms with van der Waals surface area (Å²) in [4.78, 5) is 35.4. The summed E-state index contributed by atoms with van der Waals surface area (Å²) in [5.41, 5.74) is 0.405. The lowest BCUT2D eigenvalue weighted by Crippen LogP contribution is -2.22. The SMILES string of the molecule is CCCC(=O)C1=CCC=C(C(=O)CCC)C1=O. The zero-order valence-corrected chi connectivity index (χ0v) is 10.4. The molecular weight excluding hydrogens is 216 g/mol. The Balaban J connectivity index is 2.82. The lowest BCUT2D eigenvalue weighted by atomic mass is 9.89. The van der Waals surface area contributed by atoms with Crippen LogP contribution in [0.15, 0.2) is 23.3 Å². The molecule has 0 N–H and O–H groups in total. The molecule has 0 unspecified atom stereocenters. The first-order valence-electron chi connectivity index (χ1n) is 6.13. The average Bonchev–Trinajstić information content (AvgIpc) is 2.29. The molecule has 0 amide bonds. The summed E-state index contributed by atoms with van der Waals surface area (Å²) >= 11 is 0. The van der Waals surface area contributed by atoms with Crippen molar-refractivity contribution in [1.82, 2.24) is 0 Å². The van der Waals surface area contributed by atoms with E-state index < -0.39 is 0 Å². The molecule has 0 aliphatic heterocycles. The van der Waals surface area contributed by atoms with Gasteiger partial charge in [-0.2, -0.15) is 0 Å². The maximum Gasteiger partial charge on any atom is 0.199 e. The number of Topliss-reactive ketones (excluding diaryl/α,β-unsaturated/α-hetero) is 3. The van der Waals surface area contributed by atoms with Crippen LogP contribution in [0, 0.1) is 0 Å². The Morgan fingerprint density at radius 1 is 1.00 bits per heavy atom. The van der Waals surface area contributed by atoms with Gasteiger partial charge < -0.3 is 0 Å². The van der Waals surface area contributed by atoms with Gasteiger partial charge in [-0.05, 0) is 19.3 Å². The number of allylic oxidation sites excluding steroid dienone is 4. The van der Waals surface area contributed by atoms with Crippen LogP contribution >= 0.6 is 0 Å². The summed E-state index contributed by atoms with van der Waals surface area (Å²) in [5, 5.41) is 0. The summed E-state index contributed by atoms with van der Waals surface area (Å²) in [6.45, 7) is 3.79. The molecule has 3 nitrogen and oxygen atoms in total. The van der Waals surface area contributed by atoms with Gasteiger partial charge in [-0.1, -0.05) is 26.0 Å². The third-order valence-electron chi connectivity index (χ3n) is 2.69. The van der Waals surface area contributed by atoms with E-state index in [0.717, 1.165) is 0 Å². The molecule has 0 fully saturated rings. The van der Waals surface area contributed by atoms with E-state index in [1.165, 1.54) is 0 Å². The fraction of sp³-hybridized carbons (Fsp3) is 0.500. The summed E-state index contributed by atoms with van der Waals surface area (Å²) in [5.74, 6) is -0.673. The fourth-order valence-corrected chi connectivity index (χ4v) is 1.83. The topological polar surface area (TPSA) is 51.2 Å². The van der Waals surface area contributed by atoms with Crippen molar-refractivity contribution < 1.29 is 14.4 Å². The average molecular weight is 234 g/mol. The molecule has 0 bridgehead atoms. The summed E-state index contributed by atoms with van der Waals surface area (Å²) in [7, 11) is 0. The van der Waals surface area contributed by atoms with E-state index in [1.807, 2.05) is 13.8 Å². The number of ketones is 3. The Bertz CT molecular complexity index is 364. The third-order valence-corrected chi connectivity index (χ3v) is 2.69. The van der Waals surface area contributed by atoms with E-state index in [1.54, 1.807) is 12.2 Å². The van der Waals surface area contributed by atoms with Crippen LogP contribution in [0.5, 0.6) is 0 Å². The summed E-state index contributed by atoms with van der Waals surface area (Å²) < 4.78 is 0. The van der Waals surface area contributed by atoms with Crippen molar-refractivity contribution in [2.24, 2.45) is 0 Å². The van der Waals surface area contributed by atoms with Crippen molar-refractivity contribution >= 4 is 17.3 Å². The molecule has 0 saturated heterocycles. The maximum atomic E-state index is 12.0. The smallest absolute Gasteiger partial charge is 0.199 e. The molecule has 1 aliphatic rings. The molecule has 17 heavy (non-hydrogen) atoms. The normalized spacial score (nSPS) is 15.3. The fourth-order valence-electron chi connectivity index (χ4n) is 1.83. The molecule has 0 spiro atoms. The molecule has 1 rings (SSSR count). The Morgan fingerprint density at radius 3 is 1.76 bits per heavy atom. The highest BCUT2D eigenvalue weighted by molar-refractivity contribution is 6.35. The quantitative estimate of drug-likeness (QED) is 0.664. The van der Waals surface area contributed by atoms with Gasteiger partial charge in [-0.25, -0.2) is 0 Å². The minimum atomic E-state index is -0.381. The van der Waals surface area contributed by atoms with Crippen LogP contribution in [0.1, 0.15) is 46.0 Å². The largest absolute Gasteiger partial charge is 0.294 e. The number of carbonyl (C=O) groups excluding carboxylic acids is 3. The van der Waals surface area contributed by atoms with Gasteiger partial charge >= 0.3 is 0 Å². The van der Waals surface area contributed by atoms with Gasteiger partial charge in [-0.15, -0.1) is 0 Å². The third kappa shape index (κ3) is 3.22. The molecule has 0 radical (unpaired) electrons. The van der Waals surface area contributed by atoms with E-state index in [9.17, 15) is 14.4 Å². The lowest BCUT2D eigenvalue weighted by Gasteiger charge is -2.12. The number of hydrogen-bond donors (Lipinski definition) is 0. The predicted octanol–water partition coefficient (Wildman–Crippen LogP) is 2.55. The first-order chi connectivity index (χ1) is 8.11. The second-order valence-corrected chi connectivity index (χ2v) is 4.15. The number of carbonyl (C=O) groups is 3. The van der Waals surface area contributed by atoms with Gasteiger partial charge in [0.1, 0.15) is 0 Å². The van der Waals surface area contributed by atoms with Gasteiger partial charge in [0.15, 0.2) is 17.3 Å². The predicted molar refractivity (Wildman–Crippen MR) is 65.6 cm³/mol. The molecule has 0 atom stereocenters. The van der Waals surface area contributed by atoms with Crippen molar-refractivity contribution in [3.05, 3.63) is 23.3 Å². The minimum Gasteiger partial charge on any atom is -0.294 e. The molecule has 0 saturated carbocycles. The Labute approximate surface area is 102 Å². The van der Waals surface area contributed by atoms with Gasteiger partial charge in [0.2, 0.25) is 0 Å². The Kier molecular flexibility index (Phi) is 5.01. The van der Waals surface area contributed by atoms with Crippen LogP contribution < -0.4 is 0 Å². The molecule has 92 valence electrons. The van der Waals surface area contributed by atoms with Crippen molar-refractivity contribution in [2.75, 3.05) is 0 Å². The Hall–Kier alpha value is -1.51. The van der Waals surface area contributed by atoms with Crippen LogP contribution in [-0.2, 0) is 14.4 Å². The second-order valence-electron chi connectivity index (χ2n) is 4.15. The first-order valence-corrected chi connectivity index (χ1v) is 6.13. The van der Waals surface area contributed by atoms with Crippen LogP contribution in [0.25, 0.3) is 0 Å². The van der Waals surface area contributed by atoms with Crippen molar-refractivity contribution in [1.29, 1.82) is 0 Å². The van der Waals surface area contributed by atoms with E-state index in [-0.39, 0.29) is 28.5 Å². The zero-order chi connectivity index (χ0) is 12.8. The van der Waals surface area contributed by atoms with E-state index in [0.29, 0.717) is 32.1 Å². The van der Waals surface area contributed by atoms with Gasteiger partial charge in [0, 0.05) is 12.8 Å². The summed E-state index contributed by atoms with van der Waals surface area (Å²) in [6.07, 6.45) is 5.92. The minimum absolute atomic E-state index is 0.146. The maximum absolute atomic E-state index is 12.0. The lowest BCUT2D eigenvalue weighted by molar-refractivity contribution is -0.122. The van der Waals surface area contributed by atoms with Crippen LogP contribution in [-0.4, -0.2) is 17.3 Å².